The molecule has 0 N–H and O–H groups in total. The van der Waals surface area contributed by atoms with Crippen LogP contribution in [0.4, 0.5) is 0 Å². The van der Waals surface area contributed by atoms with E-state index in [0.29, 0.717) is 5.95 Å². The molecule has 0 bridgehead atoms. The van der Waals surface area contributed by atoms with Gasteiger partial charge in [-0.15, -0.1) is 22.7 Å². The summed E-state index contributed by atoms with van der Waals surface area (Å²) in [7, 11) is 0. The Morgan fingerprint density at radius 2 is 1.25 bits per heavy atom. The molecule has 0 unspecified atom stereocenters. The second-order valence-electron chi connectivity index (χ2n) is 15.7. The molecule has 4 nitrogen and oxygen atoms in total. The Morgan fingerprint density at radius 1 is 0.509 bits per heavy atom. The fourth-order valence-corrected chi connectivity index (χ4v) is 12.6. The molecule has 13 aromatic rings. The standard InChI is InChI=1S/C49H28N4S2/c1-49(2)31-13-6-3-10-26(31)27-19-18-25(24-32(27)49)44-47-45(30-12-5-8-17-37(30)55-47)51-48(50-44)53-35-16-9-15-34-40(35)41-36(53)21-23-38-42(41)43-39(54-38)22-20-29-28-11-4-7-14-33(28)52(34)46(29)43/h3-24H,1-2H3. The zero-order valence-electron chi connectivity index (χ0n) is 29.8. The molecular weight excluding hydrogens is 709 g/mol. The van der Waals surface area contributed by atoms with Crippen molar-refractivity contribution in [2.45, 2.75) is 19.3 Å². The quantitative estimate of drug-likeness (QED) is 0.177. The highest BCUT2D eigenvalue weighted by Gasteiger charge is 2.36. The van der Waals surface area contributed by atoms with Gasteiger partial charge in [-0.3, -0.25) is 4.57 Å². The molecule has 0 saturated heterocycles. The second-order valence-corrected chi connectivity index (χ2v) is 17.8. The Kier molecular flexibility index (Phi) is 5.10. The van der Waals surface area contributed by atoms with E-state index >= 15 is 0 Å². The van der Waals surface area contributed by atoms with E-state index in [2.05, 4.69) is 156 Å². The summed E-state index contributed by atoms with van der Waals surface area (Å²) in [5.41, 5.74) is 14.4. The van der Waals surface area contributed by atoms with Crippen molar-refractivity contribution in [3.05, 3.63) is 145 Å². The van der Waals surface area contributed by atoms with Crippen LogP contribution < -0.4 is 0 Å². The maximum absolute atomic E-state index is 5.64. The Labute approximate surface area is 321 Å². The Morgan fingerprint density at radius 3 is 2.20 bits per heavy atom. The number of thiophene rings is 2. The topological polar surface area (TPSA) is 35.1 Å². The van der Waals surface area contributed by atoms with Crippen LogP contribution in [-0.4, -0.2) is 18.9 Å². The van der Waals surface area contributed by atoms with Crippen molar-refractivity contribution >= 4 is 112 Å². The van der Waals surface area contributed by atoms with Crippen LogP contribution in [0.1, 0.15) is 25.0 Å². The van der Waals surface area contributed by atoms with Crippen molar-refractivity contribution in [3.63, 3.8) is 0 Å². The smallest absolute Gasteiger partial charge is 0.235 e. The zero-order chi connectivity index (χ0) is 35.9. The first-order valence-corrected chi connectivity index (χ1v) is 20.5. The average Bonchev–Trinajstić information content (AvgIpc) is 3.99. The average molecular weight is 737 g/mol. The van der Waals surface area contributed by atoms with Crippen molar-refractivity contribution in [1.82, 2.24) is 18.9 Å². The second kappa shape index (κ2) is 9.66. The number of para-hydroxylation sites is 1. The first-order chi connectivity index (χ1) is 27.0. The molecule has 0 fully saturated rings. The third kappa shape index (κ3) is 3.37. The van der Waals surface area contributed by atoms with Gasteiger partial charge in [-0.25, -0.2) is 9.97 Å². The molecule has 6 aromatic heterocycles. The molecule has 0 atom stereocenters. The third-order valence-corrected chi connectivity index (χ3v) is 15.0. The maximum Gasteiger partial charge on any atom is 0.235 e. The van der Waals surface area contributed by atoms with E-state index in [1.807, 2.05) is 11.3 Å². The fourth-order valence-electron chi connectivity index (χ4n) is 10.3. The van der Waals surface area contributed by atoms with E-state index in [1.165, 1.54) is 90.6 Å². The van der Waals surface area contributed by atoms with E-state index in [4.69, 9.17) is 9.97 Å². The largest absolute Gasteiger partial charge is 0.308 e. The van der Waals surface area contributed by atoms with Gasteiger partial charge in [-0.2, -0.15) is 0 Å². The predicted octanol–water partition coefficient (Wildman–Crippen LogP) is 13.7. The number of nitrogens with zero attached hydrogens (tertiary/aromatic N) is 4. The van der Waals surface area contributed by atoms with Crippen LogP contribution in [0.5, 0.6) is 0 Å². The number of hydrogen-bond acceptors (Lipinski definition) is 4. The lowest BCUT2D eigenvalue weighted by molar-refractivity contribution is 0.660. The summed E-state index contributed by atoms with van der Waals surface area (Å²) in [5.74, 6) is 0.702. The molecule has 6 heteroatoms. The minimum absolute atomic E-state index is 0.115. The van der Waals surface area contributed by atoms with Gasteiger partial charge in [-0.05, 0) is 70.8 Å². The van der Waals surface area contributed by atoms with E-state index in [0.717, 1.165) is 32.5 Å². The van der Waals surface area contributed by atoms with Crippen molar-refractivity contribution in [2.24, 2.45) is 0 Å². The summed E-state index contributed by atoms with van der Waals surface area (Å²) < 4.78 is 9.84. The molecule has 0 saturated carbocycles. The number of hydrogen-bond donors (Lipinski definition) is 0. The first-order valence-electron chi connectivity index (χ1n) is 18.8. The summed E-state index contributed by atoms with van der Waals surface area (Å²) in [6.07, 6.45) is 0. The van der Waals surface area contributed by atoms with Gasteiger partial charge >= 0.3 is 0 Å². The third-order valence-electron chi connectivity index (χ3n) is 12.7. The molecule has 0 spiro atoms. The van der Waals surface area contributed by atoms with E-state index in [-0.39, 0.29) is 5.41 Å². The van der Waals surface area contributed by atoms with E-state index < -0.39 is 0 Å². The lowest BCUT2D eigenvalue weighted by Gasteiger charge is -2.22. The lowest BCUT2D eigenvalue weighted by atomic mass is 9.82. The highest BCUT2D eigenvalue weighted by atomic mass is 32.1. The molecule has 1 aliphatic carbocycles. The molecule has 14 rings (SSSR count). The van der Waals surface area contributed by atoms with Crippen LogP contribution >= 0.6 is 22.7 Å². The summed E-state index contributed by atoms with van der Waals surface area (Å²) in [6.45, 7) is 4.70. The van der Waals surface area contributed by atoms with E-state index in [1.54, 1.807) is 11.3 Å². The van der Waals surface area contributed by atoms with Crippen LogP contribution in [-0.2, 0) is 5.41 Å². The number of rotatable bonds is 2. The van der Waals surface area contributed by atoms with Gasteiger partial charge in [0.05, 0.1) is 43.5 Å². The van der Waals surface area contributed by atoms with Gasteiger partial charge < -0.3 is 4.40 Å². The minimum atomic E-state index is -0.115. The van der Waals surface area contributed by atoms with Crippen LogP contribution in [0.3, 0.4) is 0 Å². The van der Waals surface area contributed by atoms with Crippen LogP contribution in [0.2, 0.25) is 0 Å². The SMILES string of the molecule is CC1(C)c2ccccc2-c2ccc(-c3nc(-n4c5ccc6sc7ccc8c9ccccc9n9c%10cccc4c%10c5c6c7c89)nc4c3sc3ccccc34)cc21. The minimum Gasteiger partial charge on any atom is -0.308 e. The lowest BCUT2D eigenvalue weighted by Crippen LogP contribution is -2.15. The molecule has 256 valence electrons. The normalized spacial score (nSPS) is 14.1. The number of benzene rings is 7. The van der Waals surface area contributed by atoms with Gasteiger partial charge in [-0.1, -0.05) is 98.8 Å². The molecule has 55 heavy (non-hydrogen) atoms. The van der Waals surface area contributed by atoms with Crippen molar-refractivity contribution < 1.29 is 0 Å². The zero-order valence-corrected chi connectivity index (χ0v) is 31.4. The Balaban J connectivity index is 1.14. The van der Waals surface area contributed by atoms with Gasteiger partial charge in [0.15, 0.2) is 0 Å². The van der Waals surface area contributed by atoms with Crippen LogP contribution in [0, 0.1) is 0 Å². The highest BCUT2D eigenvalue weighted by Crippen LogP contribution is 2.52. The summed E-state index contributed by atoms with van der Waals surface area (Å²) in [5, 5.41) is 8.97. The summed E-state index contributed by atoms with van der Waals surface area (Å²) >= 11 is 3.69. The molecule has 0 radical (unpaired) electrons. The predicted molar refractivity (Wildman–Crippen MR) is 233 cm³/mol. The van der Waals surface area contributed by atoms with Crippen molar-refractivity contribution in [3.8, 4) is 28.3 Å². The van der Waals surface area contributed by atoms with Gasteiger partial charge in [0.2, 0.25) is 5.95 Å². The fraction of sp³-hybridized carbons (Fsp3) is 0.0612. The molecule has 0 aliphatic heterocycles. The van der Waals surface area contributed by atoms with Crippen LogP contribution in [0.25, 0.3) is 118 Å². The van der Waals surface area contributed by atoms with Crippen molar-refractivity contribution in [1.29, 1.82) is 0 Å². The maximum atomic E-state index is 5.64. The van der Waals surface area contributed by atoms with Crippen molar-refractivity contribution in [2.75, 3.05) is 0 Å². The van der Waals surface area contributed by atoms with Gasteiger partial charge in [0.25, 0.3) is 0 Å². The van der Waals surface area contributed by atoms with Gasteiger partial charge in [0.1, 0.15) is 0 Å². The first kappa shape index (κ1) is 29.1. The molecular formula is C49H28N4S2. The highest BCUT2D eigenvalue weighted by molar-refractivity contribution is 7.26. The monoisotopic (exact) mass is 736 g/mol. The van der Waals surface area contributed by atoms with Crippen LogP contribution in [0.15, 0.2) is 133 Å². The molecule has 1 aliphatic rings. The number of fused-ring (bicyclic) bond motifs is 10. The van der Waals surface area contributed by atoms with E-state index in [9.17, 15) is 0 Å². The summed E-state index contributed by atoms with van der Waals surface area (Å²) in [4.78, 5) is 11.2. The Bertz CT molecular complexity index is 3810. The molecule has 6 heterocycles. The Hall–Kier alpha value is -6.34. The number of aromatic nitrogens is 4. The molecule has 0 amide bonds. The van der Waals surface area contributed by atoms with Gasteiger partial charge in [0, 0.05) is 62.8 Å². The molecule has 7 aromatic carbocycles. The summed E-state index contributed by atoms with van der Waals surface area (Å²) in [6, 6.07) is 49.5.